The molecule has 0 amide bonds. The van der Waals surface area contributed by atoms with Crippen molar-refractivity contribution in [3.8, 4) is 11.1 Å². The molecule has 1 aliphatic carbocycles. The molecule has 5 heteroatoms. The minimum atomic E-state index is -2.08. The molecule has 3 rings (SSSR count). The summed E-state index contributed by atoms with van der Waals surface area (Å²) in [6, 6.07) is 7.92. The van der Waals surface area contributed by atoms with E-state index in [0.29, 0.717) is 5.56 Å². The van der Waals surface area contributed by atoms with Crippen molar-refractivity contribution in [2.45, 2.75) is 19.0 Å². The van der Waals surface area contributed by atoms with Crippen LogP contribution in [-0.4, -0.2) is 11.1 Å². The maximum atomic E-state index is 14.9. The van der Waals surface area contributed by atoms with Gasteiger partial charge in [-0.15, -0.1) is 0 Å². The van der Waals surface area contributed by atoms with Crippen LogP contribution in [0.25, 0.3) is 11.1 Å². The third kappa shape index (κ3) is 2.17. The van der Waals surface area contributed by atoms with E-state index >= 15 is 0 Å². The van der Waals surface area contributed by atoms with Gasteiger partial charge >= 0.3 is 5.97 Å². The molecular weight excluding hydrogens is 293 g/mol. The van der Waals surface area contributed by atoms with Crippen molar-refractivity contribution in [3.63, 3.8) is 0 Å². The number of halogens is 3. The quantitative estimate of drug-likeness (QED) is 0.922. The molecule has 1 aliphatic rings. The second kappa shape index (κ2) is 4.87. The minimum Gasteiger partial charge on any atom is -0.481 e. The van der Waals surface area contributed by atoms with Gasteiger partial charge in [0.15, 0.2) is 5.67 Å². The van der Waals surface area contributed by atoms with Gasteiger partial charge in [-0.1, -0.05) is 29.8 Å². The zero-order valence-corrected chi connectivity index (χ0v) is 11.7. The Kier molecular flexibility index (Phi) is 3.24. The Bertz CT molecular complexity index is 752. The molecule has 1 fully saturated rings. The predicted octanol–water partition coefficient (Wildman–Crippen LogP) is 4.21. The molecule has 114 valence electrons. The summed E-state index contributed by atoms with van der Waals surface area (Å²) in [5, 5.41) is 8.99. The number of hydrogen-bond acceptors (Lipinski definition) is 1. The predicted molar refractivity (Wildman–Crippen MR) is 75.1 cm³/mol. The molecule has 2 aromatic carbocycles. The van der Waals surface area contributed by atoms with Crippen molar-refractivity contribution in [2.75, 3.05) is 0 Å². The second-order valence-electron chi connectivity index (χ2n) is 5.60. The van der Waals surface area contributed by atoms with E-state index in [9.17, 15) is 18.0 Å². The first-order valence-electron chi connectivity index (χ1n) is 6.82. The Morgan fingerprint density at radius 3 is 2.41 bits per heavy atom. The molecule has 1 N–H and O–H groups in total. The molecule has 0 aliphatic heterocycles. The topological polar surface area (TPSA) is 37.3 Å². The van der Waals surface area contributed by atoms with Gasteiger partial charge in [-0.3, -0.25) is 4.79 Å². The lowest BCUT2D eigenvalue weighted by atomic mass is 9.92. The fourth-order valence-corrected chi connectivity index (χ4v) is 2.80. The van der Waals surface area contributed by atoms with Crippen molar-refractivity contribution in [1.29, 1.82) is 0 Å². The van der Waals surface area contributed by atoms with E-state index in [4.69, 9.17) is 5.11 Å². The van der Waals surface area contributed by atoms with Crippen LogP contribution in [0, 0.1) is 24.5 Å². The summed E-state index contributed by atoms with van der Waals surface area (Å²) in [5.41, 5.74) is -1.60. The molecule has 1 saturated carbocycles. The molecule has 2 aromatic rings. The SMILES string of the molecule is Cc1ccc([C@]2(F)C[C@H]2C(=O)O)c(-c2c(F)cccc2F)c1. The van der Waals surface area contributed by atoms with Crippen molar-refractivity contribution in [1.82, 2.24) is 0 Å². The number of hydrogen-bond donors (Lipinski definition) is 1. The summed E-state index contributed by atoms with van der Waals surface area (Å²) in [4.78, 5) is 11.0. The minimum absolute atomic E-state index is 0.0227. The fraction of sp³-hybridized carbons (Fsp3) is 0.235. The third-order valence-electron chi connectivity index (χ3n) is 4.05. The van der Waals surface area contributed by atoms with Crippen molar-refractivity contribution in [3.05, 3.63) is 59.2 Å². The van der Waals surface area contributed by atoms with Crippen LogP contribution in [-0.2, 0) is 10.5 Å². The van der Waals surface area contributed by atoms with Crippen molar-refractivity contribution >= 4 is 5.97 Å². The van der Waals surface area contributed by atoms with Crippen LogP contribution in [0.2, 0.25) is 0 Å². The lowest BCUT2D eigenvalue weighted by Crippen LogP contribution is -2.11. The van der Waals surface area contributed by atoms with E-state index in [2.05, 4.69) is 0 Å². The van der Waals surface area contributed by atoms with Gasteiger partial charge in [0, 0.05) is 6.42 Å². The molecule has 0 saturated heterocycles. The number of benzene rings is 2. The summed E-state index contributed by atoms with van der Waals surface area (Å²) in [7, 11) is 0. The smallest absolute Gasteiger partial charge is 0.310 e. The van der Waals surface area contributed by atoms with Crippen LogP contribution < -0.4 is 0 Å². The number of aryl methyl sites for hydroxylation is 1. The molecule has 0 radical (unpaired) electrons. The van der Waals surface area contributed by atoms with Crippen LogP contribution in [0.15, 0.2) is 36.4 Å². The van der Waals surface area contributed by atoms with E-state index in [1.54, 1.807) is 13.0 Å². The average molecular weight is 306 g/mol. The molecule has 0 spiro atoms. The van der Waals surface area contributed by atoms with E-state index in [-0.39, 0.29) is 23.1 Å². The first-order chi connectivity index (χ1) is 10.3. The normalized spacial score (nSPS) is 23.4. The maximum Gasteiger partial charge on any atom is 0.310 e. The number of carboxylic acids is 1. The number of alkyl halides is 1. The van der Waals surface area contributed by atoms with E-state index in [0.717, 1.165) is 12.1 Å². The Morgan fingerprint density at radius 1 is 1.23 bits per heavy atom. The highest BCUT2D eigenvalue weighted by atomic mass is 19.1. The Balaban J connectivity index is 2.21. The van der Waals surface area contributed by atoms with Gasteiger partial charge in [0.25, 0.3) is 0 Å². The van der Waals surface area contributed by atoms with Gasteiger partial charge in [0.2, 0.25) is 0 Å². The number of aliphatic carboxylic acids is 1. The van der Waals surface area contributed by atoms with E-state index < -0.39 is 29.2 Å². The van der Waals surface area contributed by atoms with Crippen molar-refractivity contribution in [2.24, 2.45) is 5.92 Å². The van der Waals surface area contributed by atoms with E-state index in [1.165, 1.54) is 18.2 Å². The largest absolute Gasteiger partial charge is 0.481 e. The van der Waals surface area contributed by atoms with Gasteiger partial charge in [0.1, 0.15) is 11.6 Å². The highest BCUT2D eigenvalue weighted by Gasteiger charge is 2.62. The summed E-state index contributed by atoms with van der Waals surface area (Å²) in [6.07, 6.45) is -0.186. The summed E-state index contributed by atoms with van der Waals surface area (Å²) in [5.74, 6) is -4.03. The highest BCUT2D eigenvalue weighted by molar-refractivity contribution is 5.79. The molecule has 0 heterocycles. The summed E-state index contributed by atoms with van der Waals surface area (Å²) >= 11 is 0. The first kappa shape index (κ1) is 14.6. The fourth-order valence-electron chi connectivity index (χ4n) is 2.80. The Labute approximate surface area is 125 Å². The molecule has 2 nitrogen and oxygen atoms in total. The standard InChI is InChI=1S/C17H13F3O2/c1-9-5-6-11(17(20)8-12(17)16(21)22)10(7-9)15-13(18)3-2-4-14(15)19/h2-7,12H,8H2,1H3,(H,21,22)/t12-,17+/m0/s1. The summed E-state index contributed by atoms with van der Waals surface area (Å²) in [6.45, 7) is 1.72. The van der Waals surface area contributed by atoms with Crippen molar-refractivity contribution < 1.29 is 23.1 Å². The molecule has 0 unspecified atom stereocenters. The molecule has 0 aromatic heterocycles. The molecule has 2 atom stereocenters. The highest BCUT2D eigenvalue weighted by Crippen LogP contribution is 2.58. The lowest BCUT2D eigenvalue weighted by molar-refractivity contribution is -0.139. The summed E-state index contributed by atoms with van der Waals surface area (Å²) < 4.78 is 42.9. The van der Waals surface area contributed by atoms with Gasteiger partial charge in [0.05, 0.1) is 11.5 Å². The Hall–Kier alpha value is -2.30. The molecule has 22 heavy (non-hydrogen) atoms. The van der Waals surface area contributed by atoms with Crippen LogP contribution in [0.4, 0.5) is 13.2 Å². The van der Waals surface area contributed by atoms with Gasteiger partial charge < -0.3 is 5.11 Å². The van der Waals surface area contributed by atoms with Crippen LogP contribution in [0.3, 0.4) is 0 Å². The zero-order chi connectivity index (χ0) is 16.1. The van der Waals surface area contributed by atoms with Crippen LogP contribution >= 0.6 is 0 Å². The zero-order valence-electron chi connectivity index (χ0n) is 11.7. The number of carbonyl (C=O) groups is 1. The monoisotopic (exact) mass is 306 g/mol. The Morgan fingerprint density at radius 2 is 1.86 bits per heavy atom. The van der Waals surface area contributed by atoms with Gasteiger partial charge in [-0.05, 0) is 30.2 Å². The average Bonchev–Trinajstić information content (AvgIpc) is 3.12. The van der Waals surface area contributed by atoms with Gasteiger partial charge in [-0.25, -0.2) is 13.2 Å². The number of rotatable bonds is 3. The number of carboxylic acid groups (broad SMARTS) is 1. The first-order valence-corrected chi connectivity index (χ1v) is 6.82. The molecule has 0 bridgehead atoms. The second-order valence-corrected chi connectivity index (χ2v) is 5.60. The molecular formula is C17H13F3O2. The van der Waals surface area contributed by atoms with E-state index in [1.807, 2.05) is 0 Å². The maximum absolute atomic E-state index is 14.9. The van der Waals surface area contributed by atoms with Crippen LogP contribution in [0.5, 0.6) is 0 Å². The third-order valence-corrected chi connectivity index (χ3v) is 4.05. The van der Waals surface area contributed by atoms with Crippen LogP contribution in [0.1, 0.15) is 17.5 Å². The van der Waals surface area contributed by atoms with Gasteiger partial charge in [-0.2, -0.15) is 0 Å². The lowest BCUT2D eigenvalue weighted by Gasteiger charge is -2.16.